The number of aryl methyl sites for hydroxylation is 1. The fraction of sp³-hybridized carbons (Fsp3) is 0.562. The Bertz CT molecular complexity index is 584. The third-order valence-corrected chi connectivity index (χ3v) is 5.59. The lowest BCUT2D eigenvalue weighted by Crippen LogP contribution is -2.36. The van der Waals surface area contributed by atoms with Crippen molar-refractivity contribution in [3.63, 3.8) is 0 Å². The summed E-state index contributed by atoms with van der Waals surface area (Å²) in [6.07, 6.45) is 4.37. The van der Waals surface area contributed by atoms with Gasteiger partial charge in [0, 0.05) is 0 Å². The first kappa shape index (κ1) is 17.6. The molecule has 0 amide bonds. The number of aromatic nitrogens is 1. The molecule has 2 rings (SSSR count). The highest BCUT2D eigenvalue weighted by atomic mass is 79.9. The van der Waals surface area contributed by atoms with E-state index in [1.165, 1.54) is 0 Å². The minimum atomic E-state index is -1.16. The molecule has 1 aliphatic heterocycles. The fourth-order valence-electron chi connectivity index (χ4n) is 2.19. The Morgan fingerprint density at radius 2 is 2.32 bits per heavy atom. The SMILES string of the molecule is C=CC[C@H](N[S@@](=O)C(C)(C)C)c1cc(Br)c2c(n1)CCCO2. The van der Waals surface area contributed by atoms with E-state index >= 15 is 0 Å². The molecule has 1 aromatic rings. The minimum absolute atomic E-state index is 0.124. The molecule has 2 atom stereocenters. The van der Waals surface area contributed by atoms with Crippen molar-refractivity contribution in [3.8, 4) is 5.75 Å². The number of nitrogens with one attached hydrogen (secondary N) is 1. The van der Waals surface area contributed by atoms with E-state index in [1.807, 2.05) is 32.9 Å². The zero-order valence-corrected chi connectivity index (χ0v) is 15.7. The van der Waals surface area contributed by atoms with Gasteiger partial charge in [-0.25, -0.2) is 8.93 Å². The lowest BCUT2D eigenvalue weighted by molar-refractivity contribution is 0.282. The van der Waals surface area contributed by atoms with Crippen LogP contribution < -0.4 is 9.46 Å². The van der Waals surface area contributed by atoms with Crippen LogP contribution in [0.3, 0.4) is 0 Å². The Morgan fingerprint density at radius 3 is 2.95 bits per heavy atom. The molecular weight excluding hydrogens is 364 g/mol. The third-order valence-electron chi connectivity index (χ3n) is 3.39. The fourth-order valence-corrected chi connectivity index (χ4v) is 3.59. The zero-order valence-electron chi connectivity index (χ0n) is 13.3. The number of hydrogen-bond donors (Lipinski definition) is 1. The van der Waals surface area contributed by atoms with Crippen molar-refractivity contribution in [1.29, 1.82) is 0 Å². The molecule has 1 aliphatic rings. The van der Waals surface area contributed by atoms with E-state index in [1.54, 1.807) is 0 Å². The van der Waals surface area contributed by atoms with Gasteiger partial charge < -0.3 is 4.74 Å². The average molecular weight is 387 g/mol. The van der Waals surface area contributed by atoms with Crippen LogP contribution >= 0.6 is 15.9 Å². The van der Waals surface area contributed by atoms with E-state index in [9.17, 15) is 4.21 Å². The summed E-state index contributed by atoms with van der Waals surface area (Å²) in [4.78, 5) is 4.73. The molecule has 4 nitrogen and oxygen atoms in total. The molecule has 0 fully saturated rings. The molecule has 0 spiro atoms. The zero-order chi connectivity index (χ0) is 16.3. The predicted octanol–water partition coefficient (Wildman–Crippen LogP) is 3.84. The highest BCUT2D eigenvalue weighted by molar-refractivity contribution is 9.10. The molecule has 1 N–H and O–H groups in total. The highest BCUT2D eigenvalue weighted by Crippen LogP contribution is 2.34. The summed E-state index contributed by atoms with van der Waals surface area (Å²) in [5, 5.41) is 0. The number of pyridine rings is 1. The van der Waals surface area contributed by atoms with E-state index in [-0.39, 0.29) is 10.8 Å². The molecule has 6 heteroatoms. The first-order valence-electron chi connectivity index (χ1n) is 7.44. The average Bonchev–Trinajstić information content (AvgIpc) is 2.45. The molecule has 122 valence electrons. The lowest BCUT2D eigenvalue weighted by Gasteiger charge is -2.25. The van der Waals surface area contributed by atoms with Gasteiger partial charge in [0.2, 0.25) is 0 Å². The first-order chi connectivity index (χ1) is 10.3. The van der Waals surface area contributed by atoms with E-state index in [4.69, 9.17) is 9.72 Å². The van der Waals surface area contributed by atoms with Crippen molar-refractivity contribution in [1.82, 2.24) is 9.71 Å². The predicted molar refractivity (Wildman–Crippen MR) is 94.3 cm³/mol. The second kappa shape index (κ2) is 7.23. The maximum Gasteiger partial charge on any atom is 0.154 e. The highest BCUT2D eigenvalue weighted by Gasteiger charge is 2.25. The molecule has 1 aromatic heterocycles. The van der Waals surface area contributed by atoms with Crippen molar-refractivity contribution in [3.05, 3.63) is 34.6 Å². The normalized spacial score (nSPS) is 17.3. The van der Waals surface area contributed by atoms with Crippen LogP contribution in [0.5, 0.6) is 5.75 Å². The Labute approximate surface area is 143 Å². The van der Waals surface area contributed by atoms with E-state index in [0.29, 0.717) is 6.42 Å². The van der Waals surface area contributed by atoms with Crippen LogP contribution in [0.25, 0.3) is 0 Å². The van der Waals surface area contributed by atoms with Gasteiger partial charge in [0.15, 0.2) is 5.75 Å². The maximum absolute atomic E-state index is 12.4. The van der Waals surface area contributed by atoms with Gasteiger partial charge in [0.1, 0.15) is 0 Å². The van der Waals surface area contributed by atoms with Gasteiger partial charge in [-0.1, -0.05) is 6.08 Å². The number of ether oxygens (including phenoxy) is 1. The van der Waals surface area contributed by atoms with E-state index < -0.39 is 11.0 Å². The van der Waals surface area contributed by atoms with Gasteiger partial charge in [-0.3, -0.25) is 4.98 Å². The quantitative estimate of drug-likeness (QED) is 0.782. The van der Waals surface area contributed by atoms with Gasteiger partial charge in [-0.05, 0) is 62.0 Å². The summed E-state index contributed by atoms with van der Waals surface area (Å²) in [6, 6.07) is 1.83. The summed E-state index contributed by atoms with van der Waals surface area (Å²) in [7, 11) is -1.16. The number of fused-ring (bicyclic) bond motifs is 1. The number of hydrogen-bond acceptors (Lipinski definition) is 3. The van der Waals surface area contributed by atoms with Crippen LogP contribution in [0.4, 0.5) is 0 Å². The van der Waals surface area contributed by atoms with Gasteiger partial charge in [0.25, 0.3) is 0 Å². The number of nitrogens with zero attached hydrogens (tertiary/aromatic N) is 1. The maximum atomic E-state index is 12.4. The van der Waals surface area contributed by atoms with Crippen LogP contribution in [0.15, 0.2) is 23.2 Å². The Balaban J connectivity index is 2.30. The van der Waals surface area contributed by atoms with Gasteiger partial charge in [0.05, 0.1) is 44.2 Å². The van der Waals surface area contributed by atoms with Gasteiger partial charge in [-0.15, -0.1) is 6.58 Å². The second-order valence-corrected chi connectivity index (χ2v) is 9.18. The molecule has 0 unspecified atom stereocenters. The van der Waals surface area contributed by atoms with Gasteiger partial charge >= 0.3 is 0 Å². The van der Waals surface area contributed by atoms with Crippen LogP contribution in [0.1, 0.15) is 51.0 Å². The van der Waals surface area contributed by atoms with Crippen LogP contribution in [0.2, 0.25) is 0 Å². The molecule has 2 heterocycles. The molecule has 0 saturated carbocycles. The van der Waals surface area contributed by atoms with Gasteiger partial charge in [-0.2, -0.15) is 0 Å². The molecule has 0 saturated heterocycles. The molecule has 22 heavy (non-hydrogen) atoms. The summed E-state index contributed by atoms with van der Waals surface area (Å²) in [5.41, 5.74) is 1.83. The topological polar surface area (TPSA) is 51.2 Å². The molecule has 0 aromatic carbocycles. The van der Waals surface area contributed by atoms with E-state index in [0.717, 1.165) is 41.1 Å². The smallest absolute Gasteiger partial charge is 0.154 e. The monoisotopic (exact) mass is 386 g/mol. The molecule has 0 radical (unpaired) electrons. The Kier molecular flexibility index (Phi) is 5.80. The third kappa shape index (κ3) is 4.18. The van der Waals surface area contributed by atoms with Crippen molar-refractivity contribution in [2.75, 3.05) is 6.61 Å². The first-order valence-corrected chi connectivity index (χ1v) is 9.38. The Morgan fingerprint density at radius 1 is 1.59 bits per heavy atom. The van der Waals surface area contributed by atoms with Crippen molar-refractivity contribution >= 4 is 26.9 Å². The standard InChI is InChI=1S/C16H23BrN2O2S/c1-5-7-12(19-22(20)16(2,3)4)14-10-11(17)15-13(18-14)8-6-9-21-15/h5,10,12,19H,1,6-9H2,2-4H3/t12-,22-/m0/s1. The van der Waals surface area contributed by atoms with Crippen molar-refractivity contribution < 1.29 is 8.95 Å². The number of halogens is 1. The largest absolute Gasteiger partial charge is 0.490 e. The summed E-state index contributed by atoms with van der Waals surface area (Å²) in [6.45, 7) is 10.4. The second-order valence-electron chi connectivity index (χ2n) is 6.33. The van der Waals surface area contributed by atoms with Crippen LogP contribution in [-0.4, -0.2) is 20.5 Å². The summed E-state index contributed by atoms with van der Waals surface area (Å²) < 4.78 is 21.8. The molecular formula is C16H23BrN2O2S. The van der Waals surface area contributed by atoms with Crippen molar-refractivity contribution in [2.24, 2.45) is 0 Å². The minimum Gasteiger partial charge on any atom is -0.490 e. The lowest BCUT2D eigenvalue weighted by atomic mass is 10.1. The molecule has 0 bridgehead atoms. The van der Waals surface area contributed by atoms with Crippen LogP contribution in [-0.2, 0) is 17.4 Å². The Hall–Kier alpha value is -0.720. The van der Waals surface area contributed by atoms with Crippen molar-refractivity contribution in [2.45, 2.75) is 50.8 Å². The van der Waals surface area contributed by atoms with E-state index in [2.05, 4.69) is 27.2 Å². The number of rotatable bonds is 5. The molecule has 0 aliphatic carbocycles. The summed E-state index contributed by atoms with van der Waals surface area (Å²) in [5.74, 6) is 0.837. The summed E-state index contributed by atoms with van der Waals surface area (Å²) >= 11 is 3.56. The van der Waals surface area contributed by atoms with Crippen LogP contribution in [0, 0.1) is 0 Å².